The van der Waals surface area contributed by atoms with E-state index >= 15 is 0 Å². The highest BCUT2D eigenvalue weighted by Crippen LogP contribution is 2.15. The van der Waals surface area contributed by atoms with Crippen LogP contribution in [-0.4, -0.2) is 44.5 Å². The summed E-state index contributed by atoms with van der Waals surface area (Å²) in [5.74, 6) is 1.08. The molecular formula is C18H24N4O2. The number of aromatic nitrogens is 3. The van der Waals surface area contributed by atoms with Gasteiger partial charge in [0.15, 0.2) is 0 Å². The van der Waals surface area contributed by atoms with E-state index in [1.54, 1.807) is 12.4 Å². The molecule has 1 aliphatic heterocycles. The molecule has 1 amide bonds. The summed E-state index contributed by atoms with van der Waals surface area (Å²) in [4.78, 5) is 23.0. The van der Waals surface area contributed by atoms with Gasteiger partial charge in [-0.1, -0.05) is 13.0 Å². The zero-order chi connectivity index (χ0) is 16.8. The van der Waals surface area contributed by atoms with Crippen LogP contribution in [0.2, 0.25) is 0 Å². The highest BCUT2D eigenvalue weighted by molar-refractivity contribution is 5.76. The van der Waals surface area contributed by atoms with Crippen molar-refractivity contribution in [1.29, 1.82) is 0 Å². The van der Waals surface area contributed by atoms with Crippen LogP contribution >= 0.6 is 0 Å². The second-order valence-corrected chi connectivity index (χ2v) is 6.06. The Morgan fingerprint density at radius 3 is 3.04 bits per heavy atom. The molecule has 6 nitrogen and oxygen atoms in total. The fourth-order valence-electron chi connectivity index (χ4n) is 3.03. The highest BCUT2D eigenvalue weighted by Gasteiger charge is 2.24. The van der Waals surface area contributed by atoms with Gasteiger partial charge in [-0.25, -0.2) is 4.98 Å². The number of imidazole rings is 1. The van der Waals surface area contributed by atoms with Crippen molar-refractivity contribution in [3.8, 4) is 0 Å². The number of likely N-dealkylation sites (tertiary alicyclic amines) is 1. The first-order valence-electron chi connectivity index (χ1n) is 8.55. The molecule has 1 unspecified atom stereocenters. The molecule has 6 heteroatoms. The van der Waals surface area contributed by atoms with Gasteiger partial charge in [-0.15, -0.1) is 0 Å². The SMILES string of the molecule is CCc1nccn1CC(=O)N1CCCC(OCc2ccccn2)C1. The lowest BCUT2D eigenvalue weighted by molar-refractivity contribution is -0.136. The molecule has 0 aromatic carbocycles. The molecule has 1 saturated heterocycles. The normalized spacial score (nSPS) is 17.9. The van der Waals surface area contributed by atoms with Crippen LogP contribution in [0.15, 0.2) is 36.8 Å². The summed E-state index contributed by atoms with van der Waals surface area (Å²) in [5.41, 5.74) is 0.923. The second-order valence-electron chi connectivity index (χ2n) is 6.06. The quantitative estimate of drug-likeness (QED) is 0.814. The Balaban J connectivity index is 1.52. The molecule has 2 aromatic heterocycles. The molecule has 1 atom stereocenters. The van der Waals surface area contributed by atoms with Crippen molar-refractivity contribution in [1.82, 2.24) is 19.4 Å². The summed E-state index contributed by atoms with van der Waals surface area (Å²) < 4.78 is 7.89. The van der Waals surface area contributed by atoms with Crippen molar-refractivity contribution in [3.63, 3.8) is 0 Å². The number of hydrogen-bond donors (Lipinski definition) is 0. The van der Waals surface area contributed by atoms with Gasteiger partial charge in [0.2, 0.25) is 5.91 Å². The maximum Gasteiger partial charge on any atom is 0.242 e. The monoisotopic (exact) mass is 328 g/mol. The zero-order valence-corrected chi connectivity index (χ0v) is 14.1. The van der Waals surface area contributed by atoms with Gasteiger partial charge in [-0.05, 0) is 25.0 Å². The van der Waals surface area contributed by atoms with E-state index in [2.05, 4.69) is 9.97 Å². The van der Waals surface area contributed by atoms with Crippen LogP contribution in [0.5, 0.6) is 0 Å². The van der Waals surface area contributed by atoms with E-state index in [4.69, 9.17) is 4.74 Å². The molecule has 0 bridgehead atoms. The number of hydrogen-bond acceptors (Lipinski definition) is 4. The minimum atomic E-state index is 0.0816. The number of piperidine rings is 1. The maximum absolute atomic E-state index is 12.6. The number of rotatable bonds is 6. The fraction of sp³-hybridized carbons (Fsp3) is 0.500. The zero-order valence-electron chi connectivity index (χ0n) is 14.1. The predicted molar refractivity (Wildman–Crippen MR) is 90.2 cm³/mol. The van der Waals surface area contributed by atoms with Crippen molar-refractivity contribution in [2.24, 2.45) is 0 Å². The Hall–Kier alpha value is -2.21. The van der Waals surface area contributed by atoms with E-state index in [9.17, 15) is 4.79 Å². The van der Waals surface area contributed by atoms with E-state index < -0.39 is 0 Å². The topological polar surface area (TPSA) is 60.2 Å². The Kier molecular flexibility index (Phi) is 5.59. The van der Waals surface area contributed by atoms with Crippen LogP contribution in [0.3, 0.4) is 0 Å². The first-order chi connectivity index (χ1) is 11.8. The van der Waals surface area contributed by atoms with Crippen molar-refractivity contribution < 1.29 is 9.53 Å². The maximum atomic E-state index is 12.6. The van der Waals surface area contributed by atoms with E-state index in [-0.39, 0.29) is 12.0 Å². The van der Waals surface area contributed by atoms with E-state index in [1.807, 2.05) is 40.8 Å². The first kappa shape index (κ1) is 16.6. The van der Waals surface area contributed by atoms with Gasteiger partial charge < -0.3 is 14.2 Å². The summed E-state index contributed by atoms with van der Waals surface area (Å²) in [7, 11) is 0. The molecule has 3 heterocycles. The number of carbonyl (C=O) groups is 1. The van der Waals surface area contributed by atoms with Crippen LogP contribution in [-0.2, 0) is 29.1 Å². The molecule has 0 saturated carbocycles. The predicted octanol–water partition coefficient (Wildman–Crippen LogP) is 2.05. The van der Waals surface area contributed by atoms with E-state index in [0.717, 1.165) is 37.3 Å². The molecular weight excluding hydrogens is 304 g/mol. The Labute approximate surface area is 142 Å². The largest absolute Gasteiger partial charge is 0.370 e. The van der Waals surface area contributed by atoms with Crippen LogP contribution in [0, 0.1) is 0 Å². The lowest BCUT2D eigenvalue weighted by atomic mass is 10.1. The summed E-state index contributed by atoms with van der Waals surface area (Å²) in [6.45, 7) is 4.36. The molecule has 2 aromatic rings. The number of aryl methyl sites for hydroxylation is 1. The Bertz CT molecular complexity index is 656. The van der Waals surface area contributed by atoms with Gasteiger partial charge >= 0.3 is 0 Å². The average Bonchev–Trinajstić information content (AvgIpc) is 3.08. The molecule has 0 N–H and O–H groups in total. The van der Waals surface area contributed by atoms with Crippen LogP contribution < -0.4 is 0 Å². The summed E-state index contributed by atoms with van der Waals surface area (Å²) in [6.07, 6.45) is 8.27. The minimum Gasteiger partial charge on any atom is -0.370 e. The number of nitrogens with zero attached hydrogens (tertiary/aromatic N) is 4. The number of ether oxygens (including phenoxy) is 1. The third-order valence-electron chi connectivity index (χ3n) is 4.35. The van der Waals surface area contributed by atoms with Gasteiger partial charge in [0.05, 0.1) is 18.4 Å². The van der Waals surface area contributed by atoms with Crippen molar-refractivity contribution in [2.75, 3.05) is 13.1 Å². The molecule has 1 fully saturated rings. The number of carbonyl (C=O) groups excluding carboxylic acids is 1. The molecule has 1 aliphatic rings. The van der Waals surface area contributed by atoms with Gasteiger partial charge in [0.25, 0.3) is 0 Å². The van der Waals surface area contributed by atoms with Crippen LogP contribution in [0.4, 0.5) is 0 Å². The molecule has 0 aliphatic carbocycles. The second kappa shape index (κ2) is 8.06. The Morgan fingerprint density at radius 1 is 1.33 bits per heavy atom. The van der Waals surface area contributed by atoms with Gasteiger partial charge in [0, 0.05) is 38.1 Å². The minimum absolute atomic E-state index is 0.0816. The van der Waals surface area contributed by atoms with Gasteiger partial charge in [0.1, 0.15) is 12.4 Å². The summed E-state index contributed by atoms with van der Waals surface area (Å²) in [5, 5.41) is 0. The third kappa shape index (κ3) is 4.20. The number of amides is 1. The fourth-order valence-corrected chi connectivity index (χ4v) is 3.03. The van der Waals surface area contributed by atoms with E-state index in [0.29, 0.717) is 19.7 Å². The summed E-state index contributed by atoms with van der Waals surface area (Å²) in [6, 6.07) is 5.81. The van der Waals surface area contributed by atoms with Crippen LogP contribution in [0.25, 0.3) is 0 Å². The molecule has 128 valence electrons. The van der Waals surface area contributed by atoms with E-state index in [1.165, 1.54) is 0 Å². The van der Waals surface area contributed by atoms with Crippen molar-refractivity contribution >= 4 is 5.91 Å². The summed E-state index contributed by atoms with van der Waals surface area (Å²) >= 11 is 0. The highest BCUT2D eigenvalue weighted by atomic mass is 16.5. The molecule has 0 radical (unpaired) electrons. The molecule has 0 spiro atoms. The molecule has 24 heavy (non-hydrogen) atoms. The van der Waals surface area contributed by atoms with Gasteiger partial charge in [-0.2, -0.15) is 0 Å². The smallest absolute Gasteiger partial charge is 0.242 e. The van der Waals surface area contributed by atoms with Crippen molar-refractivity contribution in [2.45, 2.75) is 45.4 Å². The lowest BCUT2D eigenvalue weighted by Gasteiger charge is -2.32. The standard InChI is InChI=1S/C18H24N4O2/c1-2-17-20-9-11-21(17)13-18(23)22-10-5-7-16(12-22)24-14-15-6-3-4-8-19-15/h3-4,6,8-9,11,16H,2,5,7,10,12-14H2,1H3. The third-order valence-corrected chi connectivity index (χ3v) is 4.35. The molecule has 3 rings (SSSR count). The lowest BCUT2D eigenvalue weighted by Crippen LogP contribution is -2.44. The van der Waals surface area contributed by atoms with Crippen molar-refractivity contribution in [3.05, 3.63) is 48.3 Å². The van der Waals surface area contributed by atoms with Gasteiger partial charge in [-0.3, -0.25) is 9.78 Å². The van der Waals surface area contributed by atoms with Crippen LogP contribution in [0.1, 0.15) is 31.3 Å². The number of pyridine rings is 1. The average molecular weight is 328 g/mol. The Morgan fingerprint density at radius 2 is 2.25 bits per heavy atom. The first-order valence-corrected chi connectivity index (χ1v) is 8.55.